The first-order valence-corrected chi connectivity index (χ1v) is 12.7. The van der Waals surface area contributed by atoms with Crippen LogP contribution in [0.5, 0.6) is 0 Å². The molecule has 0 aliphatic carbocycles. The van der Waals surface area contributed by atoms with E-state index in [1.54, 1.807) is 0 Å². The van der Waals surface area contributed by atoms with Gasteiger partial charge in [0.2, 0.25) is 0 Å². The second kappa shape index (κ2) is 22.9. The predicted octanol–water partition coefficient (Wildman–Crippen LogP) is 7.93. The maximum absolute atomic E-state index is 11.7. The molecule has 0 aliphatic rings. The molecule has 0 amide bonds. The fourth-order valence-electron chi connectivity index (χ4n) is 3.09. The van der Waals surface area contributed by atoms with E-state index < -0.39 is 0 Å². The third-order valence-corrected chi connectivity index (χ3v) is 5.92. The second-order valence-corrected chi connectivity index (χ2v) is 8.76. The van der Waals surface area contributed by atoms with Crippen LogP contribution in [0.25, 0.3) is 0 Å². The lowest BCUT2D eigenvalue weighted by molar-refractivity contribution is -0.143. The van der Waals surface area contributed by atoms with E-state index in [-0.39, 0.29) is 5.97 Å². The van der Waals surface area contributed by atoms with Gasteiger partial charge in [-0.1, -0.05) is 104 Å². The number of ether oxygens (including phenoxy) is 1. The minimum atomic E-state index is -0.00336. The fraction of sp³-hybridized carbons (Fsp3) is 0.957. The fourth-order valence-corrected chi connectivity index (χ4v) is 4.01. The molecular formula is C23H46O2S. The molecule has 0 atom stereocenters. The number of esters is 1. The van der Waals surface area contributed by atoms with E-state index in [0.29, 0.717) is 13.0 Å². The van der Waals surface area contributed by atoms with Crippen LogP contribution in [0.1, 0.15) is 123 Å². The van der Waals surface area contributed by atoms with Crippen molar-refractivity contribution in [1.82, 2.24) is 0 Å². The van der Waals surface area contributed by atoms with Crippen LogP contribution in [0.3, 0.4) is 0 Å². The summed E-state index contributed by atoms with van der Waals surface area (Å²) < 4.78 is 5.33. The molecule has 26 heavy (non-hydrogen) atoms. The van der Waals surface area contributed by atoms with E-state index in [0.717, 1.165) is 12.2 Å². The molecule has 0 aliphatic heterocycles. The van der Waals surface area contributed by atoms with Crippen LogP contribution in [0, 0.1) is 0 Å². The quantitative estimate of drug-likeness (QED) is 0.148. The van der Waals surface area contributed by atoms with Crippen molar-refractivity contribution >= 4 is 17.7 Å². The zero-order valence-corrected chi connectivity index (χ0v) is 18.7. The normalized spacial score (nSPS) is 11.0. The maximum Gasteiger partial charge on any atom is 0.306 e. The molecule has 0 rings (SSSR count). The molecule has 156 valence electrons. The molecular weight excluding hydrogens is 340 g/mol. The van der Waals surface area contributed by atoms with E-state index >= 15 is 0 Å². The van der Waals surface area contributed by atoms with Gasteiger partial charge in [-0.3, -0.25) is 4.79 Å². The molecule has 0 bridgehead atoms. The van der Waals surface area contributed by atoms with Gasteiger partial charge in [0.05, 0.1) is 13.0 Å². The standard InChI is InChI=1S/C23H46O2S/c1-3-5-7-9-11-12-13-14-15-17-20-25-23(24)19-22-26-21-18-16-10-8-6-4-2/h3-22H2,1-2H3. The van der Waals surface area contributed by atoms with Crippen LogP contribution in [-0.4, -0.2) is 24.1 Å². The Kier molecular flexibility index (Phi) is 22.7. The van der Waals surface area contributed by atoms with Gasteiger partial charge in [-0.2, -0.15) is 11.8 Å². The van der Waals surface area contributed by atoms with Crippen molar-refractivity contribution in [3.8, 4) is 0 Å². The average Bonchev–Trinajstić information content (AvgIpc) is 2.64. The third kappa shape index (κ3) is 21.9. The summed E-state index contributed by atoms with van der Waals surface area (Å²) >= 11 is 1.90. The van der Waals surface area contributed by atoms with Gasteiger partial charge in [-0.25, -0.2) is 0 Å². The lowest BCUT2D eigenvalue weighted by Gasteiger charge is -2.05. The van der Waals surface area contributed by atoms with E-state index in [2.05, 4.69) is 13.8 Å². The summed E-state index contributed by atoms with van der Waals surface area (Å²) in [6.45, 7) is 5.14. The summed E-state index contributed by atoms with van der Waals surface area (Å²) in [5.41, 5.74) is 0. The third-order valence-electron chi connectivity index (χ3n) is 4.85. The first kappa shape index (κ1) is 25.8. The lowest BCUT2D eigenvalue weighted by Crippen LogP contribution is -2.07. The van der Waals surface area contributed by atoms with Crippen LogP contribution >= 0.6 is 11.8 Å². The van der Waals surface area contributed by atoms with Crippen molar-refractivity contribution in [3.05, 3.63) is 0 Å². The highest BCUT2D eigenvalue weighted by Gasteiger charge is 2.02. The van der Waals surface area contributed by atoms with Crippen LogP contribution in [0.15, 0.2) is 0 Å². The lowest BCUT2D eigenvalue weighted by atomic mass is 10.1. The van der Waals surface area contributed by atoms with Crippen molar-refractivity contribution < 1.29 is 9.53 Å². The summed E-state index contributed by atoms with van der Waals surface area (Å²) in [5, 5.41) is 0. The minimum Gasteiger partial charge on any atom is -0.466 e. The minimum absolute atomic E-state index is 0.00336. The van der Waals surface area contributed by atoms with Crippen molar-refractivity contribution in [2.24, 2.45) is 0 Å². The molecule has 0 saturated heterocycles. The van der Waals surface area contributed by atoms with Crippen molar-refractivity contribution in [2.75, 3.05) is 18.1 Å². The molecule has 3 heteroatoms. The molecule has 0 spiro atoms. The SMILES string of the molecule is CCCCCCCCCCCCOC(=O)CCSCCCCCCCC. The van der Waals surface area contributed by atoms with Crippen molar-refractivity contribution in [3.63, 3.8) is 0 Å². The summed E-state index contributed by atoms with van der Waals surface area (Å²) in [4.78, 5) is 11.7. The molecule has 0 unspecified atom stereocenters. The smallest absolute Gasteiger partial charge is 0.306 e. The number of hydrogen-bond acceptors (Lipinski definition) is 3. The van der Waals surface area contributed by atoms with Crippen molar-refractivity contribution in [2.45, 2.75) is 123 Å². The number of rotatable bonds is 21. The Morgan fingerprint density at radius 1 is 0.615 bits per heavy atom. The molecule has 0 N–H and O–H groups in total. The largest absolute Gasteiger partial charge is 0.466 e. The molecule has 0 aromatic carbocycles. The number of carbonyl (C=O) groups excluding carboxylic acids is 1. The van der Waals surface area contributed by atoms with Gasteiger partial charge >= 0.3 is 5.97 Å². The van der Waals surface area contributed by atoms with Crippen molar-refractivity contribution in [1.29, 1.82) is 0 Å². The molecule has 0 fully saturated rings. The Morgan fingerprint density at radius 3 is 1.62 bits per heavy atom. The Morgan fingerprint density at radius 2 is 1.08 bits per heavy atom. The van der Waals surface area contributed by atoms with Gasteiger partial charge in [-0.15, -0.1) is 0 Å². The number of carbonyl (C=O) groups is 1. The molecule has 2 nitrogen and oxygen atoms in total. The topological polar surface area (TPSA) is 26.3 Å². The maximum atomic E-state index is 11.7. The number of hydrogen-bond donors (Lipinski definition) is 0. The van der Waals surface area contributed by atoms with Crippen LogP contribution in [-0.2, 0) is 9.53 Å². The van der Waals surface area contributed by atoms with Gasteiger partial charge in [0.1, 0.15) is 0 Å². The van der Waals surface area contributed by atoms with Gasteiger partial charge < -0.3 is 4.74 Å². The highest BCUT2D eigenvalue weighted by Crippen LogP contribution is 2.12. The summed E-state index contributed by atoms with van der Waals surface area (Å²) in [7, 11) is 0. The zero-order chi connectivity index (χ0) is 19.1. The van der Waals surface area contributed by atoms with Gasteiger partial charge in [-0.05, 0) is 18.6 Å². The monoisotopic (exact) mass is 386 g/mol. The van der Waals surface area contributed by atoms with Gasteiger partial charge in [0.25, 0.3) is 0 Å². The zero-order valence-electron chi connectivity index (χ0n) is 17.9. The average molecular weight is 387 g/mol. The van der Waals surface area contributed by atoms with E-state index in [4.69, 9.17) is 4.74 Å². The first-order chi connectivity index (χ1) is 12.8. The van der Waals surface area contributed by atoms with E-state index in [9.17, 15) is 4.79 Å². The Labute approximate surface area is 168 Å². The first-order valence-electron chi connectivity index (χ1n) is 11.5. The Hall–Kier alpha value is -0.180. The predicted molar refractivity (Wildman–Crippen MR) is 118 cm³/mol. The van der Waals surface area contributed by atoms with Crippen LogP contribution < -0.4 is 0 Å². The van der Waals surface area contributed by atoms with Gasteiger partial charge in [0, 0.05) is 5.75 Å². The Bertz CT molecular complexity index is 281. The second-order valence-electron chi connectivity index (χ2n) is 7.53. The number of thioether (sulfide) groups is 1. The van der Waals surface area contributed by atoms with E-state index in [1.165, 1.54) is 102 Å². The molecule has 0 radical (unpaired) electrons. The molecule has 0 aromatic heterocycles. The van der Waals surface area contributed by atoms with Gasteiger partial charge in [0.15, 0.2) is 0 Å². The van der Waals surface area contributed by atoms with Crippen LogP contribution in [0.2, 0.25) is 0 Å². The number of unbranched alkanes of at least 4 members (excludes halogenated alkanes) is 14. The summed E-state index contributed by atoms with van der Waals surface area (Å²) in [5.74, 6) is 2.11. The van der Waals surface area contributed by atoms with Crippen LogP contribution in [0.4, 0.5) is 0 Å². The highest BCUT2D eigenvalue weighted by molar-refractivity contribution is 7.99. The molecule has 0 heterocycles. The summed E-state index contributed by atoms with van der Waals surface area (Å²) in [6, 6.07) is 0. The highest BCUT2D eigenvalue weighted by atomic mass is 32.2. The molecule has 0 aromatic rings. The van der Waals surface area contributed by atoms with E-state index in [1.807, 2.05) is 11.8 Å². The Balaban J connectivity index is 3.13. The summed E-state index contributed by atoms with van der Waals surface area (Å²) in [6.07, 6.45) is 21.8. The molecule has 0 saturated carbocycles.